The van der Waals surface area contributed by atoms with E-state index in [4.69, 9.17) is 4.74 Å². The van der Waals surface area contributed by atoms with Crippen LogP contribution < -0.4 is 15.5 Å². The Hall–Kier alpha value is -3.96. The molecule has 0 spiro atoms. The zero-order valence-corrected chi connectivity index (χ0v) is 22.5. The van der Waals surface area contributed by atoms with E-state index in [0.717, 1.165) is 23.3 Å². The molecule has 1 aliphatic carbocycles. The van der Waals surface area contributed by atoms with Crippen molar-refractivity contribution in [2.45, 2.75) is 44.8 Å². The molecular weight excluding hydrogens is 504 g/mol. The first kappa shape index (κ1) is 25.7. The molecule has 0 aliphatic heterocycles. The number of thiophene rings is 1. The monoisotopic (exact) mass is 534 g/mol. The Morgan fingerprint density at radius 3 is 2.66 bits per heavy atom. The summed E-state index contributed by atoms with van der Waals surface area (Å²) < 4.78 is 5.40. The number of fused-ring (bicyclic) bond motifs is 1. The van der Waals surface area contributed by atoms with Crippen LogP contribution in [0.3, 0.4) is 0 Å². The van der Waals surface area contributed by atoms with Gasteiger partial charge >= 0.3 is 0 Å². The third kappa shape index (κ3) is 5.34. The molecule has 1 fully saturated rings. The second kappa shape index (κ2) is 10.1. The standard InChI is InChI=1S/C27H30N6O4S/c1-27(2,37-4)12-22(34)33(3)17-7-8-18-19(11-17)31-24(23(18)26(36)30-16-5-6-16)32-25(35)21-10-9-20(38-21)15-13-28-29-14-15/h7-11,13-14,16,31H,5-6,12H2,1-4H3,(H,28,29)(H,30,36)(H,32,35). The fraction of sp³-hybridized carbons (Fsp3) is 0.333. The second-order valence-electron chi connectivity index (χ2n) is 10.1. The number of nitrogens with one attached hydrogen (secondary N) is 4. The summed E-state index contributed by atoms with van der Waals surface area (Å²) in [5.74, 6) is -0.369. The van der Waals surface area contributed by atoms with E-state index in [9.17, 15) is 14.4 Å². The molecule has 0 radical (unpaired) electrons. The zero-order valence-electron chi connectivity index (χ0n) is 21.7. The van der Waals surface area contributed by atoms with Crippen molar-refractivity contribution in [1.82, 2.24) is 20.5 Å². The van der Waals surface area contributed by atoms with Gasteiger partial charge in [-0.1, -0.05) is 0 Å². The lowest BCUT2D eigenvalue weighted by Crippen LogP contribution is -2.35. The Morgan fingerprint density at radius 2 is 1.97 bits per heavy atom. The lowest BCUT2D eigenvalue weighted by Gasteiger charge is -2.25. The van der Waals surface area contributed by atoms with Gasteiger partial charge in [0.25, 0.3) is 11.8 Å². The van der Waals surface area contributed by atoms with Gasteiger partial charge in [0, 0.05) is 53.4 Å². The van der Waals surface area contributed by atoms with Gasteiger partial charge in [-0.2, -0.15) is 5.10 Å². The van der Waals surface area contributed by atoms with Gasteiger partial charge in [0.05, 0.1) is 28.7 Å². The van der Waals surface area contributed by atoms with Crippen LogP contribution in [-0.4, -0.2) is 58.7 Å². The van der Waals surface area contributed by atoms with Crippen LogP contribution in [0.1, 0.15) is 53.1 Å². The molecule has 4 N–H and O–H groups in total. The minimum atomic E-state index is -0.591. The van der Waals surface area contributed by atoms with Crippen LogP contribution in [0.25, 0.3) is 21.3 Å². The lowest BCUT2D eigenvalue weighted by atomic mass is 10.0. The number of carbonyl (C=O) groups excluding carboxylic acids is 3. The van der Waals surface area contributed by atoms with Gasteiger partial charge in [0.2, 0.25) is 5.91 Å². The molecule has 1 aromatic carbocycles. The van der Waals surface area contributed by atoms with Gasteiger partial charge in [0.15, 0.2) is 0 Å². The Bertz CT molecular complexity index is 1500. The average molecular weight is 535 g/mol. The normalized spacial score (nSPS) is 13.5. The van der Waals surface area contributed by atoms with Crippen molar-refractivity contribution in [3.63, 3.8) is 0 Å². The van der Waals surface area contributed by atoms with Crippen molar-refractivity contribution in [3.8, 4) is 10.4 Å². The highest BCUT2D eigenvalue weighted by Crippen LogP contribution is 2.33. The summed E-state index contributed by atoms with van der Waals surface area (Å²) in [6, 6.07) is 9.15. The Labute approximate surface area is 223 Å². The summed E-state index contributed by atoms with van der Waals surface area (Å²) in [5, 5.41) is 13.3. The van der Waals surface area contributed by atoms with Gasteiger partial charge in [-0.15, -0.1) is 11.3 Å². The first-order valence-electron chi connectivity index (χ1n) is 12.3. The van der Waals surface area contributed by atoms with E-state index in [0.29, 0.717) is 32.8 Å². The minimum Gasteiger partial charge on any atom is -0.378 e. The van der Waals surface area contributed by atoms with Crippen molar-refractivity contribution in [2.24, 2.45) is 0 Å². The van der Waals surface area contributed by atoms with E-state index in [1.54, 1.807) is 55.7 Å². The van der Waals surface area contributed by atoms with Crippen LogP contribution in [0.4, 0.5) is 11.5 Å². The fourth-order valence-corrected chi connectivity index (χ4v) is 4.97. The zero-order chi connectivity index (χ0) is 27.0. The van der Waals surface area contributed by atoms with Crippen molar-refractivity contribution in [2.75, 3.05) is 24.4 Å². The van der Waals surface area contributed by atoms with E-state index < -0.39 is 5.60 Å². The summed E-state index contributed by atoms with van der Waals surface area (Å²) in [7, 11) is 3.28. The third-order valence-corrected chi connectivity index (χ3v) is 7.80. The molecule has 3 aromatic heterocycles. The van der Waals surface area contributed by atoms with Crippen LogP contribution in [-0.2, 0) is 9.53 Å². The number of rotatable bonds is 9. The Kier molecular flexibility index (Phi) is 6.80. The maximum absolute atomic E-state index is 13.2. The molecule has 5 rings (SSSR count). The number of benzene rings is 1. The first-order valence-corrected chi connectivity index (χ1v) is 13.2. The SMILES string of the molecule is COC(C)(C)CC(=O)N(C)c1ccc2c(C(=O)NC3CC3)c(NC(=O)c3ccc(-c4cn[nH]c4)s3)[nH]c2c1. The van der Waals surface area contributed by atoms with Crippen LogP contribution >= 0.6 is 11.3 Å². The van der Waals surface area contributed by atoms with E-state index in [1.807, 2.05) is 19.9 Å². The summed E-state index contributed by atoms with van der Waals surface area (Å²) >= 11 is 1.33. The molecular formula is C27H30N6O4S. The number of ether oxygens (including phenoxy) is 1. The summed E-state index contributed by atoms with van der Waals surface area (Å²) in [4.78, 5) is 45.4. The van der Waals surface area contributed by atoms with Crippen LogP contribution in [0.5, 0.6) is 0 Å². The fourth-order valence-electron chi connectivity index (χ4n) is 4.08. The van der Waals surface area contributed by atoms with Crippen molar-refractivity contribution >= 4 is 51.5 Å². The summed E-state index contributed by atoms with van der Waals surface area (Å²) in [6.07, 6.45) is 5.55. The molecule has 1 aliphatic rings. The van der Waals surface area contributed by atoms with Gasteiger partial charge < -0.3 is 25.3 Å². The highest BCUT2D eigenvalue weighted by Gasteiger charge is 2.29. The van der Waals surface area contributed by atoms with Gasteiger partial charge in [-0.05, 0) is 57.0 Å². The Morgan fingerprint density at radius 1 is 1.18 bits per heavy atom. The van der Waals surface area contributed by atoms with Crippen LogP contribution in [0, 0.1) is 0 Å². The average Bonchev–Trinajstić information content (AvgIpc) is 3.29. The number of hydrogen-bond donors (Lipinski definition) is 4. The van der Waals surface area contributed by atoms with Gasteiger partial charge in [-0.25, -0.2) is 0 Å². The number of aromatic nitrogens is 3. The van der Waals surface area contributed by atoms with Crippen LogP contribution in [0.2, 0.25) is 0 Å². The summed E-state index contributed by atoms with van der Waals surface area (Å²) in [6.45, 7) is 3.72. The number of carbonyl (C=O) groups is 3. The molecule has 0 bridgehead atoms. The summed E-state index contributed by atoms with van der Waals surface area (Å²) in [5.41, 5.74) is 1.96. The maximum Gasteiger partial charge on any atom is 0.266 e. The molecule has 3 amide bonds. The number of hydrogen-bond acceptors (Lipinski definition) is 6. The largest absolute Gasteiger partial charge is 0.378 e. The molecule has 11 heteroatoms. The van der Waals surface area contributed by atoms with E-state index in [1.165, 1.54) is 11.3 Å². The topological polar surface area (TPSA) is 132 Å². The molecule has 3 heterocycles. The quantitative estimate of drug-likeness (QED) is 0.250. The van der Waals surface area contributed by atoms with Crippen molar-refractivity contribution < 1.29 is 19.1 Å². The smallest absolute Gasteiger partial charge is 0.266 e. The number of H-pyrrole nitrogens is 2. The van der Waals surface area contributed by atoms with Crippen molar-refractivity contribution in [1.29, 1.82) is 0 Å². The van der Waals surface area contributed by atoms with E-state index in [2.05, 4.69) is 25.8 Å². The number of methoxy groups -OCH3 is 1. The molecule has 0 saturated heterocycles. The molecule has 0 atom stereocenters. The maximum atomic E-state index is 13.2. The number of anilines is 2. The van der Waals surface area contributed by atoms with Crippen molar-refractivity contribution in [3.05, 3.63) is 53.2 Å². The predicted molar refractivity (Wildman–Crippen MR) is 148 cm³/mol. The second-order valence-corrected chi connectivity index (χ2v) is 11.1. The molecule has 10 nitrogen and oxygen atoms in total. The molecule has 4 aromatic rings. The molecule has 38 heavy (non-hydrogen) atoms. The minimum absolute atomic E-state index is 0.103. The molecule has 1 saturated carbocycles. The van der Waals surface area contributed by atoms with E-state index in [-0.39, 0.29) is 30.2 Å². The van der Waals surface area contributed by atoms with Gasteiger partial charge in [0.1, 0.15) is 5.82 Å². The number of amides is 3. The first-order chi connectivity index (χ1) is 18.1. The van der Waals surface area contributed by atoms with Gasteiger partial charge in [-0.3, -0.25) is 19.5 Å². The molecule has 0 unspecified atom stereocenters. The predicted octanol–water partition coefficient (Wildman–Crippen LogP) is 4.54. The third-order valence-electron chi connectivity index (χ3n) is 6.66. The molecule has 198 valence electrons. The van der Waals surface area contributed by atoms with E-state index >= 15 is 0 Å². The Balaban J connectivity index is 1.44. The highest BCUT2D eigenvalue weighted by molar-refractivity contribution is 7.17. The highest BCUT2D eigenvalue weighted by atomic mass is 32.1. The van der Waals surface area contributed by atoms with Crippen LogP contribution in [0.15, 0.2) is 42.7 Å². The lowest BCUT2D eigenvalue weighted by molar-refractivity contribution is -0.123. The number of nitrogens with zero attached hydrogens (tertiary/aromatic N) is 2. The number of aromatic amines is 2.